The summed E-state index contributed by atoms with van der Waals surface area (Å²) >= 11 is 0. The maximum absolute atomic E-state index is 12.7. The molecular weight excluding hydrogens is 378 g/mol. The second kappa shape index (κ2) is 8.24. The number of carbonyl (C=O) groups is 2. The Balaban J connectivity index is 1.69. The molecule has 0 aromatic heterocycles. The van der Waals surface area contributed by atoms with Gasteiger partial charge < -0.3 is 4.74 Å². The van der Waals surface area contributed by atoms with Crippen molar-refractivity contribution in [3.8, 4) is 0 Å². The summed E-state index contributed by atoms with van der Waals surface area (Å²) in [4.78, 5) is 23.8. The number of hydrogen-bond acceptors (Lipinski definition) is 5. The van der Waals surface area contributed by atoms with Gasteiger partial charge >= 0.3 is 5.97 Å². The minimum Gasteiger partial charge on any atom is -0.469 e. The number of sulfonamides is 1. The Morgan fingerprint density at radius 2 is 1.79 bits per heavy atom. The summed E-state index contributed by atoms with van der Waals surface area (Å²) in [5.41, 5.74) is 3.22. The van der Waals surface area contributed by atoms with Crippen molar-refractivity contribution in [2.75, 3.05) is 7.11 Å². The predicted molar refractivity (Wildman–Crippen MR) is 105 cm³/mol. The SMILES string of the molecule is COC(=O)CCC(=O)c1ccc2c(c1)CC(NS(=O)(=O)c1ccccc1C)C2. The third-order valence-electron chi connectivity index (χ3n) is 4.95. The number of methoxy groups -OCH3 is 1. The van der Waals surface area contributed by atoms with E-state index in [2.05, 4.69) is 9.46 Å². The highest BCUT2D eigenvalue weighted by Gasteiger charge is 2.27. The van der Waals surface area contributed by atoms with Crippen LogP contribution in [0.15, 0.2) is 47.4 Å². The fraction of sp³-hybridized carbons (Fsp3) is 0.333. The van der Waals surface area contributed by atoms with Gasteiger partial charge in [-0.3, -0.25) is 9.59 Å². The molecule has 0 amide bonds. The van der Waals surface area contributed by atoms with E-state index in [0.29, 0.717) is 24.0 Å². The van der Waals surface area contributed by atoms with Gasteiger partial charge in [0.1, 0.15) is 0 Å². The molecule has 1 aliphatic rings. The van der Waals surface area contributed by atoms with Crippen molar-refractivity contribution in [3.05, 3.63) is 64.7 Å². The van der Waals surface area contributed by atoms with Gasteiger partial charge in [-0.1, -0.05) is 30.3 Å². The summed E-state index contributed by atoms with van der Waals surface area (Å²) in [6, 6.07) is 12.0. The largest absolute Gasteiger partial charge is 0.469 e. The molecule has 7 heteroatoms. The van der Waals surface area contributed by atoms with Crippen molar-refractivity contribution in [1.29, 1.82) is 0 Å². The van der Waals surface area contributed by atoms with Crippen LogP contribution in [0.3, 0.4) is 0 Å². The minimum absolute atomic E-state index is 0.0469. The first-order valence-electron chi connectivity index (χ1n) is 9.10. The maximum Gasteiger partial charge on any atom is 0.305 e. The van der Waals surface area contributed by atoms with Crippen LogP contribution in [0.25, 0.3) is 0 Å². The lowest BCUT2D eigenvalue weighted by Gasteiger charge is -2.14. The molecule has 0 spiro atoms. The topological polar surface area (TPSA) is 89.5 Å². The van der Waals surface area contributed by atoms with E-state index < -0.39 is 16.0 Å². The van der Waals surface area contributed by atoms with Crippen LogP contribution >= 0.6 is 0 Å². The highest BCUT2D eigenvalue weighted by molar-refractivity contribution is 7.89. The third kappa shape index (κ3) is 4.48. The zero-order valence-electron chi connectivity index (χ0n) is 15.9. The molecule has 28 heavy (non-hydrogen) atoms. The molecule has 1 aliphatic carbocycles. The molecule has 0 aliphatic heterocycles. The highest BCUT2D eigenvalue weighted by Crippen LogP contribution is 2.26. The smallest absolute Gasteiger partial charge is 0.305 e. The molecule has 0 heterocycles. The second-order valence-corrected chi connectivity index (χ2v) is 8.66. The zero-order valence-corrected chi connectivity index (χ0v) is 16.7. The Bertz CT molecular complexity index is 1010. The van der Waals surface area contributed by atoms with Gasteiger partial charge in [0.15, 0.2) is 5.78 Å². The molecule has 0 fully saturated rings. The fourth-order valence-electron chi connectivity index (χ4n) is 3.48. The molecule has 1 atom stereocenters. The number of hydrogen-bond donors (Lipinski definition) is 1. The van der Waals surface area contributed by atoms with Crippen molar-refractivity contribution >= 4 is 21.8 Å². The van der Waals surface area contributed by atoms with E-state index in [0.717, 1.165) is 11.1 Å². The number of rotatable bonds is 7. The highest BCUT2D eigenvalue weighted by atomic mass is 32.2. The molecule has 3 rings (SSSR count). The van der Waals surface area contributed by atoms with Gasteiger partial charge in [0.2, 0.25) is 10.0 Å². The Labute approximate surface area is 165 Å². The van der Waals surface area contributed by atoms with Gasteiger partial charge in [0.05, 0.1) is 18.4 Å². The van der Waals surface area contributed by atoms with Crippen LogP contribution < -0.4 is 4.72 Å². The molecule has 6 nitrogen and oxygen atoms in total. The number of ether oxygens (including phenoxy) is 1. The Kier molecular flexibility index (Phi) is 5.96. The zero-order chi connectivity index (χ0) is 20.3. The van der Waals surface area contributed by atoms with Gasteiger partial charge in [-0.05, 0) is 48.6 Å². The number of Topliss-reactive ketones (excluding diaryl/α,β-unsaturated/α-hetero) is 1. The van der Waals surface area contributed by atoms with Crippen molar-refractivity contribution in [2.45, 2.75) is 43.5 Å². The van der Waals surface area contributed by atoms with Gasteiger partial charge in [-0.25, -0.2) is 13.1 Å². The van der Waals surface area contributed by atoms with E-state index in [4.69, 9.17) is 0 Å². The molecule has 148 valence electrons. The Morgan fingerprint density at radius 3 is 2.50 bits per heavy atom. The van der Waals surface area contributed by atoms with Gasteiger partial charge in [-0.15, -0.1) is 0 Å². The molecular formula is C21H23NO5S. The molecule has 2 aromatic carbocycles. The normalized spacial score (nSPS) is 15.9. The first kappa shape index (κ1) is 20.2. The molecule has 0 bridgehead atoms. The number of ketones is 1. The lowest BCUT2D eigenvalue weighted by atomic mass is 10.0. The van der Waals surface area contributed by atoms with Crippen LogP contribution in [0.1, 0.15) is 39.9 Å². The van der Waals surface area contributed by atoms with E-state index in [9.17, 15) is 18.0 Å². The molecule has 0 radical (unpaired) electrons. The Morgan fingerprint density at radius 1 is 1.07 bits per heavy atom. The quantitative estimate of drug-likeness (QED) is 0.569. The number of carbonyl (C=O) groups excluding carboxylic acids is 2. The predicted octanol–water partition coefficient (Wildman–Crippen LogP) is 2.58. The molecule has 2 aromatic rings. The minimum atomic E-state index is -3.61. The van der Waals surface area contributed by atoms with Gasteiger partial charge in [0.25, 0.3) is 0 Å². The molecule has 1 N–H and O–H groups in total. The van der Waals surface area contributed by atoms with E-state index in [-0.39, 0.29) is 29.6 Å². The van der Waals surface area contributed by atoms with E-state index in [1.54, 1.807) is 43.3 Å². The van der Waals surface area contributed by atoms with Crippen molar-refractivity contribution < 1.29 is 22.7 Å². The number of nitrogens with one attached hydrogen (secondary N) is 1. The maximum atomic E-state index is 12.7. The van der Waals surface area contributed by atoms with Crippen molar-refractivity contribution in [1.82, 2.24) is 4.72 Å². The summed E-state index contributed by atoms with van der Waals surface area (Å²) in [5, 5.41) is 0. The number of benzene rings is 2. The summed E-state index contributed by atoms with van der Waals surface area (Å²) in [6.45, 7) is 1.77. The Hall–Kier alpha value is -2.51. The van der Waals surface area contributed by atoms with Gasteiger partial charge in [-0.2, -0.15) is 0 Å². The van der Waals surface area contributed by atoms with Crippen LogP contribution in [-0.4, -0.2) is 33.3 Å². The molecule has 0 saturated heterocycles. The molecule has 0 saturated carbocycles. The fourth-order valence-corrected chi connectivity index (χ4v) is 4.96. The standard InChI is InChI=1S/C21H23NO5S/c1-14-5-3-4-6-20(14)28(25,26)22-18-12-15-7-8-16(11-17(15)13-18)19(23)9-10-21(24)27-2/h3-8,11,18,22H,9-10,12-13H2,1-2H3. The monoisotopic (exact) mass is 401 g/mol. The number of fused-ring (bicyclic) bond motifs is 1. The average molecular weight is 401 g/mol. The number of esters is 1. The lowest BCUT2D eigenvalue weighted by Crippen LogP contribution is -2.35. The second-order valence-electron chi connectivity index (χ2n) is 6.97. The van der Waals surface area contributed by atoms with Gasteiger partial charge in [0, 0.05) is 18.0 Å². The summed E-state index contributed by atoms with van der Waals surface area (Å²) in [6.07, 6.45) is 1.25. The molecule has 1 unspecified atom stereocenters. The van der Waals surface area contributed by atoms with Crippen LogP contribution in [0.5, 0.6) is 0 Å². The third-order valence-corrected chi connectivity index (χ3v) is 6.63. The van der Waals surface area contributed by atoms with Crippen molar-refractivity contribution in [3.63, 3.8) is 0 Å². The summed E-state index contributed by atoms with van der Waals surface area (Å²) in [5.74, 6) is -0.544. The van der Waals surface area contributed by atoms with E-state index in [1.807, 2.05) is 6.07 Å². The van der Waals surface area contributed by atoms with E-state index >= 15 is 0 Å². The van der Waals surface area contributed by atoms with E-state index in [1.165, 1.54) is 7.11 Å². The number of aryl methyl sites for hydroxylation is 1. The van der Waals surface area contributed by atoms with Crippen LogP contribution in [0, 0.1) is 6.92 Å². The van der Waals surface area contributed by atoms with Crippen LogP contribution in [0.4, 0.5) is 0 Å². The average Bonchev–Trinajstić information content (AvgIpc) is 3.06. The van der Waals surface area contributed by atoms with Crippen molar-refractivity contribution in [2.24, 2.45) is 0 Å². The summed E-state index contributed by atoms with van der Waals surface area (Å²) < 4.78 is 32.7. The van der Waals surface area contributed by atoms with Crippen LogP contribution in [-0.2, 0) is 32.4 Å². The lowest BCUT2D eigenvalue weighted by molar-refractivity contribution is -0.140. The van der Waals surface area contributed by atoms with Crippen LogP contribution in [0.2, 0.25) is 0 Å². The first-order chi connectivity index (χ1) is 13.3. The first-order valence-corrected chi connectivity index (χ1v) is 10.6. The summed E-state index contributed by atoms with van der Waals surface area (Å²) in [7, 11) is -2.32.